The third kappa shape index (κ3) is 5.83. The second-order valence-corrected chi connectivity index (χ2v) is 8.46. The normalized spacial score (nSPS) is 15.3. The lowest BCUT2D eigenvalue weighted by Gasteiger charge is -2.16. The van der Waals surface area contributed by atoms with Crippen LogP contribution in [0.1, 0.15) is 22.3 Å². The molecule has 1 atom stereocenters. The zero-order valence-electron chi connectivity index (χ0n) is 19.6. The van der Waals surface area contributed by atoms with Gasteiger partial charge in [-0.2, -0.15) is 18.3 Å². The Balaban J connectivity index is 1.36. The fraction of sp³-hybridized carbons (Fsp3) is 0.200. The van der Waals surface area contributed by atoms with E-state index in [0.717, 1.165) is 23.0 Å². The van der Waals surface area contributed by atoms with Gasteiger partial charge in [0.1, 0.15) is 11.9 Å². The molecule has 0 saturated carbocycles. The third-order valence-corrected chi connectivity index (χ3v) is 5.68. The maximum atomic E-state index is 13.6. The zero-order chi connectivity index (χ0) is 26.7. The Kier molecular flexibility index (Phi) is 6.83. The summed E-state index contributed by atoms with van der Waals surface area (Å²) in [5, 5.41) is 15.5. The summed E-state index contributed by atoms with van der Waals surface area (Å²) in [7, 11) is 0. The number of anilines is 4. The highest BCUT2D eigenvalue weighted by molar-refractivity contribution is 6.08. The van der Waals surface area contributed by atoms with Gasteiger partial charge >= 0.3 is 12.3 Å². The van der Waals surface area contributed by atoms with Crippen molar-refractivity contribution in [3.8, 4) is 0 Å². The molecular formula is C25H21F3N6O4. The molecular weight excluding hydrogens is 505 g/mol. The van der Waals surface area contributed by atoms with Crippen molar-refractivity contribution in [1.82, 2.24) is 15.2 Å². The van der Waals surface area contributed by atoms with Gasteiger partial charge in [0.2, 0.25) is 0 Å². The number of aromatic nitrogens is 3. The molecule has 0 spiro atoms. The van der Waals surface area contributed by atoms with Crippen molar-refractivity contribution in [3.05, 3.63) is 72.1 Å². The van der Waals surface area contributed by atoms with Gasteiger partial charge in [0, 0.05) is 35.1 Å². The topological polar surface area (TPSA) is 130 Å². The summed E-state index contributed by atoms with van der Waals surface area (Å²) in [5.41, 5.74) is 0.0255. The number of nitrogens with zero attached hydrogens (tertiary/aromatic N) is 2. The molecule has 4 aromatic rings. The predicted molar refractivity (Wildman–Crippen MR) is 132 cm³/mol. The molecule has 196 valence electrons. The van der Waals surface area contributed by atoms with Crippen LogP contribution >= 0.6 is 0 Å². The second-order valence-electron chi connectivity index (χ2n) is 8.46. The van der Waals surface area contributed by atoms with Crippen molar-refractivity contribution in [2.24, 2.45) is 0 Å². The van der Waals surface area contributed by atoms with Gasteiger partial charge in [-0.05, 0) is 48.5 Å². The van der Waals surface area contributed by atoms with Crippen molar-refractivity contribution in [3.63, 3.8) is 0 Å². The first-order valence-corrected chi connectivity index (χ1v) is 11.5. The number of alkyl halides is 3. The van der Waals surface area contributed by atoms with Gasteiger partial charge in [-0.3, -0.25) is 15.2 Å². The van der Waals surface area contributed by atoms with E-state index in [1.165, 1.54) is 24.4 Å². The van der Waals surface area contributed by atoms with Crippen LogP contribution in [-0.4, -0.2) is 46.5 Å². The lowest BCUT2D eigenvalue weighted by molar-refractivity contribution is -0.137. The van der Waals surface area contributed by atoms with E-state index in [1.54, 1.807) is 18.3 Å². The van der Waals surface area contributed by atoms with Crippen LogP contribution in [0, 0.1) is 0 Å². The van der Waals surface area contributed by atoms with Crippen LogP contribution in [-0.2, 0) is 15.7 Å². The number of H-pyrrole nitrogens is 1. The first kappa shape index (κ1) is 25.0. The largest absolute Gasteiger partial charge is 0.443 e. The van der Waals surface area contributed by atoms with Gasteiger partial charge in [0.15, 0.2) is 0 Å². The smallest absolute Gasteiger partial charge is 0.416 e. The minimum Gasteiger partial charge on any atom is -0.443 e. The van der Waals surface area contributed by atoms with Gasteiger partial charge in [0.05, 0.1) is 36.1 Å². The van der Waals surface area contributed by atoms with Crippen LogP contribution in [0.15, 0.2) is 60.9 Å². The molecule has 38 heavy (non-hydrogen) atoms. The predicted octanol–water partition coefficient (Wildman–Crippen LogP) is 5.31. The Morgan fingerprint density at radius 2 is 1.87 bits per heavy atom. The number of carbonyl (C=O) groups is 2. The van der Waals surface area contributed by atoms with E-state index < -0.39 is 29.8 Å². The van der Waals surface area contributed by atoms with E-state index in [-0.39, 0.29) is 29.4 Å². The second kappa shape index (κ2) is 10.4. The molecule has 0 unspecified atom stereocenters. The average Bonchev–Trinajstić information content (AvgIpc) is 3.55. The molecule has 2 amide bonds. The van der Waals surface area contributed by atoms with Gasteiger partial charge in [-0.25, -0.2) is 9.78 Å². The molecule has 0 bridgehead atoms. The molecule has 1 fully saturated rings. The maximum absolute atomic E-state index is 13.6. The Morgan fingerprint density at radius 3 is 2.63 bits per heavy atom. The van der Waals surface area contributed by atoms with Gasteiger partial charge in [0.25, 0.3) is 5.91 Å². The van der Waals surface area contributed by atoms with Crippen molar-refractivity contribution < 1.29 is 32.2 Å². The van der Waals surface area contributed by atoms with Crippen LogP contribution in [0.3, 0.4) is 0 Å². The number of carbonyl (C=O) groups excluding carboxylic acids is 2. The third-order valence-electron chi connectivity index (χ3n) is 5.68. The number of halogens is 3. The molecule has 0 radical (unpaired) electrons. The fourth-order valence-electron chi connectivity index (χ4n) is 3.88. The SMILES string of the molecule is O=C(Nc1cc(NC(=O)c2cccnc2Nc2ccc3cn[nH]c3c2)cc(C(F)(F)F)c1)O[C@H]1CCOC1. The molecule has 3 heterocycles. The highest BCUT2D eigenvalue weighted by Crippen LogP contribution is 2.34. The number of nitrogens with one attached hydrogen (secondary N) is 4. The highest BCUT2D eigenvalue weighted by atomic mass is 19.4. The van der Waals surface area contributed by atoms with E-state index in [9.17, 15) is 22.8 Å². The number of hydrogen-bond acceptors (Lipinski definition) is 7. The number of rotatable bonds is 6. The summed E-state index contributed by atoms with van der Waals surface area (Å²) in [6.07, 6.45) is -2.50. The first-order chi connectivity index (χ1) is 18.2. The van der Waals surface area contributed by atoms with Crippen molar-refractivity contribution in [2.45, 2.75) is 18.7 Å². The monoisotopic (exact) mass is 526 g/mol. The van der Waals surface area contributed by atoms with Crippen molar-refractivity contribution in [1.29, 1.82) is 0 Å². The standard InChI is InChI=1S/C25H21F3N6O4/c26-25(27,28)15-8-17(10-18(9-15)33-24(36)38-19-5-7-37-13-19)32-23(35)20-2-1-6-29-22(20)31-16-4-3-14-12-30-34-21(14)11-16/h1-4,6,8-12,19H,5,7,13H2,(H,29,31)(H,30,34)(H,32,35)(H,33,36)/t19-/m0/s1. The Labute approximate surface area is 213 Å². The number of aromatic amines is 1. The van der Waals surface area contributed by atoms with Gasteiger partial charge in [-0.1, -0.05) is 0 Å². The van der Waals surface area contributed by atoms with Crippen molar-refractivity contribution >= 4 is 45.8 Å². The van der Waals surface area contributed by atoms with E-state index in [1.807, 2.05) is 6.07 Å². The number of benzene rings is 2. The quantitative estimate of drug-likeness (QED) is 0.268. The summed E-state index contributed by atoms with van der Waals surface area (Å²) in [4.78, 5) is 29.5. The van der Waals surface area contributed by atoms with Gasteiger partial charge in [-0.15, -0.1) is 0 Å². The Morgan fingerprint density at radius 1 is 1.05 bits per heavy atom. The fourth-order valence-corrected chi connectivity index (χ4v) is 3.88. The lowest BCUT2D eigenvalue weighted by atomic mass is 10.1. The van der Waals surface area contributed by atoms with E-state index >= 15 is 0 Å². The zero-order valence-corrected chi connectivity index (χ0v) is 19.6. The molecule has 1 saturated heterocycles. The molecule has 1 aliphatic rings. The van der Waals surface area contributed by atoms with Crippen LogP contribution in [0.2, 0.25) is 0 Å². The highest BCUT2D eigenvalue weighted by Gasteiger charge is 2.32. The summed E-state index contributed by atoms with van der Waals surface area (Å²) in [6.45, 7) is 0.648. The van der Waals surface area contributed by atoms with Crippen LogP contribution in [0.25, 0.3) is 10.9 Å². The molecule has 2 aromatic heterocycles. The van der Waals surface area contributed by atoms with Crippen LogP contribution < -0.4 is 16.0 Å². The summed E-state index contributed by atoms with van der Waals surface area (Å²) in [6, 6.07) is 11.1. The van der Waals surface area contributed by atoms with Crippen molar-refractivity contribution in [2.75, 3.05) is 29.2 Å². The molecule has 0 aliphatic carbocycles. The molecule has 10 nitrogen and oxygen atoms in total. The van der Waals surface area contributed by atoms with Crippen LogP contribution in [0.5, 0.6) is 0 Å². The summed E-state index contributed by atoms with van der Waals surface area (Å²) >= 11 is 0. The number of pyridine rings is 1. The van der Waals surface area contributed by atoms with Crippen LogP contribution in [0.4, 0.5) is 40.8 Å². The Bertz CT molecular complexity index is 1480. The minimum atomic E-state index is -4.73. The first-order valence-electron chi connectivity index (χ1n) is 11.5. The maximum Gasteiger partial charge on any atom is 0.416 e. The molecule has 5 rings (SSSR count). The van der Waals surface area contributed by atoms with E-state index in [4.69, 9.17) is 9.47 Å². The Hall–Kier alpha value is -4.65. The number of ether oxygens (including phenoxy) is 2. The number of amides is 2. The molecule has 4 N–H and O–H groups in total. The van der Waals surface area contributed by atoms with E-state index in [2.05, 4.69) is 31.1 Å². The van der Waals surface area contributed by atoms with Gasteiger partial charge < -0.3 is 20.1 Å². The summed E-state index contributed by atoms with van der Waals surface area (Å²) < 4.78 is 51.0. The molecule has 13 heteroatoms. The summed E-state index contributed by atoms with van der Waals surface area (Å²) in [5.74, 6) is -0.518. The van der Waals surface area contributed by atoms with E-state index in [0.29, 0.717) is 18.7 Å². The minimum absolute atomic E-state index is 0.0878. The number of hydrogen-bond donors (Lipinski definition) is 4. The molecule has 2 aromatic carbocycles. The molecule has 1 aliphatic heterocycles. The average molecular weight is 526 g/mol. The number of fused-ring (bicyclic) bond motifs is 1. The lowest BCUT2D eigenvalue weighted by Crippen LogP contribution is -2.23.